The van der Waals surface area contributed by atoms with E-state index in [4.69, 9.17) is 15.2 Å². The zero-order chi connectivity index (χ0) is 14.5. The number of carbonyl (C=O) groups is 1. The summed E-state index contributed by atoms with van der Waals surface area (Å²) in [5.74, 6) is 0.0162. The van der Waals surface area contributed by atoms with Gasteiger partial charge in [0.15, 0.2) is 5.13 Å². The summed E-state index contributed by atoms with van der Waals surface area (Å²) in [5, 5.41) is 6.58. The van der Waals surface area contributed by atoms with Gasteiger partial charge in [-0.2, -0.15) is 0 Å². The van der Waals surface area contributed by atoms with E-state index in [0.717, 1.165) is 0 Å². The molecule has 1 saturated heterocycles. The van der Waals surface area contributed by atoms with Crippen LogP contribution >= 0.6 is 11.3 Å². The van der Waals surface area contributed by atoms with Crippen molar-refractivity contribution in [3.8, 4) is 0 Å². The fraction of sp³-hybridized carbons (Fsp3) is 0.667. The van der Waals surface area contributed by atoms with Gasteiger partial charge < -0.3 is 25.8 Å². The molecule has 1 aliphatic heterocycles. The SMILES string of the molecule is CC(C)Nc1nc(N)c(C(=O)NCC2COCCO2)s1. The highest BCUT2D eigenvalue weighted by atomic mass is 32.1. The van der Waals surface area contributed by atoms with Crippen molar-refractivity contribution in [2.24, 2.45) is 0 Å². The van der Waals surface area contributed by atoms with E-state index >= 15 is 0 Å². The molecular formula is C12H20N4O3S. The molecule has 0 bridgehead atoms. The van der Waals surface area contributed by atoms with Crippen molar-refractivity contribution in [3.05, 3.63) is 4.88 Å². The number of nitrogens with one attached hydrogen (secondary N) is 2. The van der Waals surface area contributed by atoms with Crippen LogP contribution in [-0.2, 0) is 9.47 Å². The molecule has 4 N–H and O–H groups in total. The Morgan fingerprint density at radius 2 is 2.35 bits per heavy atom. The molecule has 0 aromatic carbocycles. The van der Waals surface area contributed by atoms with Gasteiger partial charge in [-0.15, -0.1) is 0 Å². The summed E-state index contributed by atoms with van der Waals surface area (Å²) in [6.07, 6.45) is -0.102. The number of amides is 1. The van der Waals surface area contributed by atoms with Crippen LogP contribution in [0.25, 0.3) is 0 Å². The van der Waals surface area contributed by atoms with E-state index in [0.29, 0.717) is 36.4 Å². The molecule has 2 rings (SSSR count). The first kappa shape index (κ1) is 15.0. The van der Waals surface area contributed by atoms with E-state index in [9.17, 15) is 4.79 Å². The van der Waals surface area contributed by atoms with Crippen molar-refractivity contribution in [3.63, 3.8) is 0 Å². The maximum atomic E-state index is 12.1. The number of hydrogen-bond donors (Lipinski definition) is 3. The van der Waals surface area contributed by atoms with E-state index in [-0.39, 0.29) is 23.9 Å². The van der Waals surface area contributed by atoms with Crippen molar-refractivity contribution in [1.29, 1.82) is 0 Å². The topological polar surface area (TPSA) is 98.5 Å². The van der Waals surface area contributed by atoms with Crippen LogP contribution in [0.5, 0.6) is 0 Å². The molecule has 1 atom stereocenters. The van der Waals surface area contributed by atoms with Crippen molar-refractivity contribution < 1.29 is 14.3 Å². The van der Waals surface area contributed by atoms with Crippen LogP contribution in [0, 0.1) is 0 Å². The Kier molecular flexibility index (Phi) is 5.16. The predicted octanol–water partition coefficient (Wildman–Crippen LogP) is 0.691. The van der Waals surface area contributed by atoms with Crippen LogP contribution in [-0.4, -0.2) is 49.4 Å². The Morgan fingerprint density at radius 1 is 1.55 bits per heavy atom. The lowest BCUT2D eigenvalue weighted by molar-refractivity contribution is -0.0855. The summed E-state index contributed by atoms with van der Waals surface area (Å²) in [6, 6.07) is 0.240. The summed E-state index contributed by atoms with van der Waals surface area (Å²) in [4.78, 5) is 16.6. The zero-order valence-corrected chi connectivity index (χ0v) is 12.5. The highest BCUT2D eigenvalue weighted by Crippen LogP contribution is 2.25. The van der Waals surface area contributed by atoms with Crippen molar-refractivity contribution >= 4 is 28.2 Å². The van der Waals surface area contributed by atoms with Gasteiger partial charge in [-0.3, -0.25) is 4.79 Å². The minimum Gasteiger partial charge on any atom is -0.382 e. The van der Waals surface area contributed by atoms with Crippen LogP contribution in [0.15, 0.2) is 0 Å². The summed E-state index contributed by atoms with van der Waals surface area (Å²) >= 11 is 1.25. The number of nitrogens with zero attached hydrogens (tertiary/aromatic N) is 1. The van der Waals surface area contributed by atoms with Gasteiger partial charge in [-0.05, 0) is 13.8 Å². The van der Waals surface area contributed by atoms with E-state index in [2.05, 4.69) is 15.6 Å². The maximum Gasteiger partial charge on any atom is 0.265 e. The predicted molar refractivity (Wildman–Crippen MR) is 78.2 cm³/mol. The van der Waals surface area contributed by atoms with E-state index in [1.807, 2.05) is 13.8 Å². The first-order valence-corrected chi connectivity index (χ1v) is 7.38. The van der Waals surface area contributed by atoms with E-state index in [1.54, 1.807) is 0 Å². The average Bonchev–Trinajstić information content (AvgIpc) is 2.77. The normalized spacial score (nSPS) is 19.1. The molecule has 8 heteroatoms. The van der Waals surface area contributed by atoms with Crippen LogP contribution < -0.4 is 16.4 Å². The number of anilines is 2. The number of hydrogen-bond acceptors (Lipinski definition) is 7. The van der Waals surface area contributed by atoms with Crippen LogP contribution in [0.4, 0.5) is 10.9 Å². The van der Waals surface area contributed by atoms with Gasteiger partial charge in [-0.1, -0.05) is 11.3 Å². The molecule has 0 spiro atoms. The molecule has 1 aromatic rings. The van der Waals surface area contributed by atoms with Crippen LogP contribution in [0.3, 0.4) is 0 Å². The zero-order valence-electron chi connectivity index (χ0n) is 11.6. The van der Waals surface area contributed by atoms with Crippen molar-refractivity contribution in [2.45, 2.75) is 26.0 Å². The molecule has 1 unspecified atom stereocenters. The molecule has 0 radical (unpaired) electrons. The monoisotopic (exact) mass is 300 g/mol. The lowest BCUT2D eigenvalue weighted by Crippen LogP contribution is -2.39. The standard InChI is InChI=1S/C12H20N4O3S/c1-7(2)15-12-16-10(13)9(20-12)11(17)14-5-8-6-18-3-4-19-8/h7-8H,3-6,13H2,1-2H3,(H,14,17)(H,15,16). The fourth-order valence-corrected chi connectivity index (χ4v) is 2.69. The molecule has 7 nitrogen and oxygen atoms in total. The van der Waals surface area contributed by atoms with Crippen LogP contribution in [0.2, 0.25) is 0 Å². The second-order valence-electron chi connectivity index (χ2n) is 4.81. The third-order valence-corrected chi connectivity index (χ3v) is 3.65. The molecule has 2 heterocycles. The number of carbonyl (C=O) groups excluding carboxylic acids is 1. The molecule has 20 heavy (non-hydrogen) atoms. The van der Waals surface area contributed by atoms with E-state index < -0.39 is 0 Å². The fourth-order valence-electron chi connectivity index (χ4n) is 1.74. The number of rotatable bonds is 5. The van der Waals surface area contributed by atoms with Gasteiger partial charge in [0.2, 0.25) is 0 Å². The highest BCUT2D eigenvalue weighted by molar-refractivity contribution is 7.18. The molecule has 0 aliphatic carbocycles. The van der Waals surface area contributed by atoms with Crippen LogP contribution in [0.1, 0.15) is 23.5 Å². The summed E-state index contributed by atoms with van der Waals surface area (Å²) < 4.78 is 10.7. The quantitative estimate of drug-likeness (QED) is 0.740. The number of thiazole rings is 1. The minimum atomic E-state index is -0.231. The summed E-state index contributed by atoms with van der Waals surface area (Å²) in [7, 11) is 0. The molecule has 112 valence electrons. The second kappa shape index (κ2) is 6.87. The Morgan fingerprint density at radius 3 is 3.00 bits per heavy atom. The number of nitrogen functional groups attached to an aromatic ring is 1. The van der Waals surface area contributed by atoms with Gasteiger partial charge in [-0.25, -0.2) is 4.98 Å². The van der Waals surface area contributed by atoms with Gasteiger partial charge in [0.25, 0.3) is 5.91 Å². The average molecular weight is 300 g/mol. The smallest absolute Gasteiger partial charge is 0.265 e. The largest absolute Gasteiger partial charge is 0.382 e. The number of ether oxygens (including phenoxy) is 2. The maximum absolute atomic E-state index is 12.1. The van der Waals surface area contributed by atoms with Crippen molar-refractivity contribution in [1.82, 2.24) is 10.3 Å². The summed E-state index contributed by atoms with van der Waals surface area (Å²) in [6.45, 7) is 6.07. The van der Waals surface area contributed by atoms with Crippen molar-refractivity contribution in [2.75, 3.05) is 37.4 Å². The lowest BCUT2D eigenvalue weighted by atomic mass is 10.3. The van der Waals surface area contributed by atoms with Gasteiger partial charge in [0.1, 0.15) is 10.7 Å². The first-order chi connectivity index (χ1) is 9.56. The Labute approximate surface area is 121 Å². The third-order valence-electron chi connectivity index (χ3n) is 2.65. The summed E-state index contributed by atoms with van der Waals surface area (Å²) in [5.41, 5.74) is 5.77. The van der Waals surface area contributed by atoms with Gasteiger partial charge >= 0.3 is 0 Å². The first-order valence-electron chi connectivity index (χ1n) is 6.56. The molecule has 1 aliphatic rings. The molecule has 0 saturated carbocycles. The molecule has 1 amide bonds. The van der Waals surface area contributed by atoms with Gasteiger partial charge in [0.05, 0.1) is 25.9 Å². The molecule has 1 fully saturated rings. The van der Waals surface area contributed by atoms with Gasteiger partial charge in [0, 0.05) is 12.6 Å². The Hall–Kier alpha value is -1.38. The Balaban J connectivity index is 1.89. The third kappa shape index (κ3) is 4.06. The number of nitrogens with two attached hydrogens (primary N) is 1. The van der Waals surface area contributed by atoms with E-state index in [1.165, 1.54) is 11.3 Å². The molecule has 1 aromatic heterocycles. The number of aromatic nitrogens is 1. The highest BCUT2D eigenvalue weighted by Gasteiger charge is 2.19. The second-order valence-corrected chi connectivity index (χ2v) is 5.81. The lowest BCUT2D eigenvalue weighted by Gasteiger charge is -2.22. The Bertz CT molecular complexity index is 458. The molecular weight excluding hydrogens is 280 g/mol. The minimum absolute atomic E-state index is 0.102.